The van der Waals surface area contributed by atoms with Gasteiger partial charge < -0.3 is 9.64 Å². The molecule has 1 fully saturated rings. The van der Waals surface area contributed by atoms with Gasteiger partial charge in [0, 0.05) is 23.7 Å². The third-order valence-electron chi connectivity index (χ3n) is 5.00. The molecule has 1 heterocycles. The Morgan fingerprint density at radius 2 is 2.07 bits per heavy atom. The van der Waals surface area contributed by atoms with Crippen molar-refractivity contribution < 1.29 is 27.7 Å². The number of esters is 1. The van der Waals surface area contributed by atoms with Gasteiger partial charge in [0.1, 0.15) is 0 Å². The molecule has 1 aliphatic rings. The average molecular weight is 412 g/mol. The molecule has 0 radical (unpaired) electrons. The third kappa shape index (κ3) is 4.86. The topological polar surface area (TPSA) is 124 Å². The summed E-state index contributed by atoms with van der Waals surface area (Å²) in [4.78, 5) is 36.9. The van der Waals surface area contributed by atoms with Gasteiger partial charge in [-0.3, -0.25) is 14.9 Å². The van der Waals surface area contributed by atoms with Crippen LogP contribution in [0.3, 0.4) is 0 Å². The lowest BCUT2D eigenvalue weighted by molar-refractivity contribution is -0.385. The van der Waals surface area contributed by atoms with Crippen LogP contribution < -0.4 is 0 Å². The van der Waals surface area contributed by atoms with E-state index in [1.807, 2.05) is 13.8 Å². The Kier molecular flexibility index (Phi) is 6.76. The highest BCUT2D eigenvalue weighted by molar-refractivity contribution is 7.91. The number of ether oxygens (including phenoxy) is 1. The number of nitrogens with zero attached hydrogens (tertiary/aromatic N) is 2. The summed E-state index contributed by atoms with van der Waals surface area (Å²) in [7, 11) is -3.17. The van der Waals surface area contributed by atoms with Gasteiger partial charge in [-0.2, -0.15) is 0 Å². The van der Waals surface area contributed by atoms with Crippen molar-refractivity contribution >= 4 is 27.4 Å². The van der Waals surface area contributed by atoms with E-state index in [0.717, 1.165) is 0 Å². The summed E-state index contributed by atoms with van der Waals surface area (Å²) in [5, 5.41) is 11.0. The van der Waals surface area contributed by atoms with Crippen LogP contribution in [0.2, 0.25) is 0 Å². The molecule has 154 valence electrons. The Morgan fingerprint density at radius 3 is 2.61 bits per heavy atom. The van der Waals surface area contributed by atoms with Crippen molar-refractivity contribution in [3.05, 3.63) is 39.4 Å². The summed E-state index contributed by atoms with van der Waals surface area (Å²) in [5.74, 6) is -1.38. The normalized spacial score (nSPS) is 19.0. The Morgan fingerprint density at radius 1 is 1.39 bits per heavy atom. The number of carbonyl (C=O) groups excluding carboxylic acids is 2. The van der Waals surface area contributed by atoms with Crippen molar-refractivity contribution in [1.29, 1.82) is 0 Å². The van der Waals surface area contributed by atoms with Crippen molar-refractivity contribution in [3.8, 4) is 0 Å². The maximum absolute atomic E-state index is 12.7. The molecule has 1 aromatic rings. The lowest BCUT2D eigenvalue weighted by Gasteiger charge is -2.33. The molecule has 1 amide bonds. The van der Waals surface area contributed by atoms with Gasteiger partial charge in [0.2, 0.25) is 0 Å². The van der Waals surface area contributed by atoms with Crippen molar-refractivity contribution in [2.24, 2.45) is 0 Å². The number of hydrogen-bond acceptors (Lipinski definition) is 7. The smallest absolute Gasteiger partial charge is 0.339 e. The number of carbonyl (C=O) groups is 2. The zero-order valence-corrected chi connectivity index (χ0v) is 16.9. The number of nitro groups is 1. The summed E-state index contributed by atoms with van der Waals surface area (Å²) in [6, 6.07) is 3.40. The molecule has 0 spiro atoms. The second kappa shape index (κ2) is 8.68. The molecule has 1 aliphatic heterocycles. The van der Waals surface area contributed by atoms with Gasteiger partial charge in [0.05, 0.1) is 22.0 Å². The van der Waals surface area contributed by atoms with Crippen LogP contribution in [-0.2, 0) is 19.4 Å². The van der Waals surface area contributed by atoms with Crippen LogP contribution in [-0.4, -0.2) is 60.3 Å². The molecule has 0 bridgehead atoms. The van der Waals surface area contributed by atoms with Crippen LogP contribution in [0, 0.1) is 17.0 Å². The predicted molar refractivity (Wildman–Crippen MR) is 102 cm³/mol. The van der Waals surface area contributed by atoms with E-state index in [2.05, 4.69) is 0 Å². The fraction of sp³-hybridized carbons (Fsp3) is 0.556. The Hall–Kier alpha value is -2.49. The SMILES string of the molecule is CC[C@H](C)N(C(=O)COC(=O)c1cccc([N+](=O)[O-])c1C)[C@@H]1CCS(=O)(=O)C1. The highest BCUT2D eigenvalue weighted by Gasteiger charge is 2.36. The molecule has 0 aliphatic carbocycles. The third-order valence-corrected chi connectivity index (χ3v) is 6.75. The molecule has 9 nitrogen and oxygen atoms in total. The molecule has 2 rings (SSSR count). The minimum Gasteiger partial charge on any atom is -0.452 e. The van der Waals surface area contributed by atoms with Crippen LogP contribution in [0.15, 0.2) is 18.2 Å². The van der Waals surface area contributed by atoms with Crippen LogP contribution in [0.1, 0.15) is 42.6 Å². The minimum absolute atomic E-state index is 0.0144. The number of hydrogen-bond donors (Lipinski definition) is 0. The first kappa shape index (κ1) is 21.8. The maximum Gasteiger partial charge on any atom is 0.339 e. The highest BCUT2D eigenvalue weighted by atomic mass is 32.2. The second-order valence-corrected chi connectivity index (χ2v) is 9.13. The standard InChI is InChI=1S/C18H24N2O7S/c1-4-12(2)19(14-8-9-28(25,26)11-14)17(21)10-27-18(22)15-6-5-7-16(13(15)3)20(23)24/h5-7,12,14H,4,8-11H2,1-3H3/t12-,14+/m0/s1. The molecule has 0 unspecified atom stereocenters. The predicted octanol–water partition coefficient (Wildman–Crippen LogP) is 1.87. The quantitative estimate of drug-likeness (QED) is 0.380. The van der Waals surface area contributed by atoms with Crippen molar-refractivity contribution in [3.63, 3.8) is 0 Å². The molecule has 28 heavy (non-hydrogen) atoms. The van der Waals surface area contributed by atoms with Crippen LogP contribution in [0.25, 0.3) is 0 Å². The molecular weight excluding hydrogens is 388 g/mol. The first-order valence-electron chi connectivity index (χ1n) is 9.00. The van der Waals surface area contributed by atoms with Gasteiger partial charge in [-0.1, -0.05) is 13.0 Å². The second-order valence-electron chi connectivity index (χ2n) is 6.90. The lowest BCUT2D eigenvalue weighted by Crippen LogP contribution is -2.48. The van der Waals surface area contributed by atoms with Crippen LogP contribution in [0.5, 0.6) is 0 Å². The summed E-state index contributed by atoms with van der Waals surface area (Å²) < 4.78 is 28.6. The monoisotopic (exact) mass is 412 g/mol. The number of amides is 1. The largest absolute Gasteiger partial charge is 0.452 e. The van der Waals surface area contributed by atoms with Crippen LogP contribution in [0.4, 0.5) is 5.69 Å². The zero-order valence-electron chi connectivity index (χ0n) is 16.1. The van der Waals surface area contributed by atoms with Gasteiger partial charge in [-0.15, -0.1) is 0 Å². The Bertz CT molecular complexity index is 882. The fourth-order valence-corrected chi connectivity index (χ4v) is 5.03. The van der Waals surface area contributed by atoms with Gasteiger partial charge >= 0.3 is 5.97 Å². The molecule has 0 N–H and O–H groups in total. The first-order valence-corrected chi connectivity index (χ1v) is 10.8. The molecule has 1 aromatic carbocycles. The molecule has 10 heteroatoms. The summed E-state index contributed by atoms with van der Waals surface area (Å²) >= 11 is 0. The summed E-state index contributed by atoms with van der Waals surface area (Å²) in [6.07, 6.45) is 0.983. The highest BCUT2D eigenvalue weighted by Crippen LogP contribution is 2.23. The minimum atomic E-state index is -3.17. The number of sulfone groups is 1. The maximum atomic E-state index is 12.7. The fourth-order valence-electron chi connectivity index (χ4n) is 3.32. The number of nitro benzene ring substituents is 1. The van der Waals surface area contributed by atoms with Gasteiger partial charge in [0.15, 0.2) is 16.4 Å². The van der Waals surface area contributed by atoms with Crippen molar-refractivity contribution in [2.75, 3.05) is 18.1 Å². The van der Waals surface area contributed by atoms with E-state index >= 15 is 0 Å². The van der Waals surface area contributed by atoms with Crippen molar-refractivity contribution in [1.82, 2.24) is 4.90 Å². The van der Waals surface area contributed by atoms with Gasteiger partial charge in [0.25, 0.3) is 11.6 Å². The van der Waals surface area contributed by atoms with Crippen LogP contribution >= 0.6 is 0 Å². The molecule has 1 saturated heterocycles. The van der Waals surface area contributed by atoms with E-state index in [1.165, 1.54) is 30.0 Å². The van der Waals surface area contributed by atoms with E-state index in [4.69, 9.17) is 4.74 Å². The molecule has 2 atom stereocenters. The van der Waals surface area contributed by atoms with E-state index in [0.29, 0.717) is 12.8 Å². The van der Waals surface area contributed by atoms with E-state index < -0.39 is 39.3 Å². The number of rotatable bonds is 7. The lowest BCUT2D eigenvalue weighted by atomic mass is 10.1. The van der Waals surface area contributed by atoms with Gasteiger partial charge in [-0.05, 0) is 32.8 Å². The first-order chi connectivity index (χ1) is 13.1. The Balaban J connectivity index is 2.11. The number of benzene rings is 1. The van der Waals surface area contributed by atoms with E-state index in [9.17, 15) is 28.1 Å². The average Bonchev–Trinajstić information content (AvgIpc) is 2.98. The van der Waals surface area contributed by atoms with Crippen molar-refractivity contribution in [2.45, 2.75) is 45.7 Å². The molecule has 0 aromatic heterocycles. The Labute approximate surface area is 163 Å². The van der Waals surface area contributed by atoms with Gasteiger partial charge in [-0.25, -0.2) is 13.2 Å². The summed E-state index contributed by atoms with van der Waals surface area (Å²) in [5.41, 5.74) is -0.0377. The summed E-state index contributed by atoms with van der Waals surface area (Å²) in [6.45, 7) is 4.58. The zero-order chi connectivity index (χ0) is 21.1. The van der Waals surface area contributed by atoms with E-state index in [1.54, 1.807) is 0 Å². The molecule has 0 saturated carbocycles. The van der Waals surface area contributed by atoms with E-state index in [-0.39, 0.29) is 34.4 Å². The molecular formula is C18H24N2O7S.